The molecule has 662 valence electrons. The van der Waals surface area contributed by atoms with Crippen LogP contribution >= 0.6 is 0 Å². The molecule has 0 saturated heterocycles. The minimum atomic E-state index is -1.76. The number of imidazole rings is 2. The Hall–Kier alpha value is -13.5. The van der Waals surface area contributed by atoms with Crippen molar-refractivity contribution in [1.29, 1.82) is 0 Å². The summed E-state index contributed by atoms with van der Waals surface area (Å²) in [4.78, 5) is 223. The van der Waals surface area contributed by atoms with Gasteiger partial charge in [0.25, 0.3) is 11.5 Å². The third kappa shape index (κ3) is 32.5. The number of aryl methyl sites for hydroxylation is 1. The zero-order valence-corrected chi connectivity index (χ0v) is 67.4. The highest BCUT2D eigenvalue weighted by Crippen LogP contribution is 2.21. The number of nitrogens with zero attached hydrogens (tertiary/aromatic N) is 9. The molecule has 1 aliphatic heterocycles. The summed E-state index contributed by atoms with van der Waals surface area (Å²) in [6.07, 6.45) is 6.15. The van der Waals surface area contributed by atoms with Gasteiger partial charge in [0.15, 0.2) is 29.3 Å². The molecule has 2 bridgehead atoms. The molecule has 7 aromatic rings. The first-order valence-corrected chi connectivity index (χ1v) is 39.4. The third-order valence-corrected chi connectivity index (χ3v) is 19.0. The number of benzene rings is 2. The second kappa shape index (κ2) is 49.3. The van der Waals surface area contributed by atoms with E-state index >= 15 is 0 Å². The summed E-state index contributed by atoms with van der Waals surface area (Å²) in [6, 6.07) is 1.12. The van der Waals surface area contributed by atoms with Crippen LogP contribution in [0.3, 0.4) is 0 Å². The number of fused-ring (bicyclic) bond motifs is 3. The number of carbonyl (C=O) groups is 13. The van der Waals surface area contributed by atoms with Gasteiger partial charge >= 0.3 is 5.97 Å². The number of nitrogen functional groups attached to an aromatic ring is 1. The van der Waals surface area contributed by atoms with Crippen molar-refractivity contribution in [2.45, 2.75) is 159 Å². The van der Waals surface area contributed by atoms with Crippen LogP contribution in [0.2, 0.25) is 0 Å². The van der Waals surface area contributed by atoms with E-state index in [2.05, 4.69) is 109 Å². The van der Waals surface area contributed by atoms with Gasteiger partial charge < -0.3 is 109 Å². The summed E-state index contributed by atoms with van der Waals surface area (Å²) in [5.41, 5.74) is 12.9. The van der Waals surface area contributed by atoms with Crippen molar-refractivity contribution < 1.29 is 101 Å². The molecule has 8 rings (SSSR count). The SMILES string of the molecule is C[C@H](O)[C@H]1NC(=O)[C@@H](Cc2cnc[nH]2)CC(=O)[C@@H](CO)NC(=O)[C@@H](Cc2cnc[nH]2)NC(=O)[C@@H](NC(=O)CC[C@H](CC(=O)c2ccc(NCc3cnc4nc(N)[nH]c(=O)c4n3)cc2)C(=O)O)Cc2cn(nn2)CCCC[C@@H](C(=O)NCCOCCOCCOCC(=O)N[C@@H](CCCCNC(=O)CO/N=C/c2ccc([18F])cc2)C(N)=O)NC(=O)[C@@H](C)NC1=O. The number of H-pyrrole nitrogens is 3. The number of aliphatic hydroxyl groups is 2. The summed E-state index contributed by atoms with van der Waals surface area (Å²) in [5, 5.41) is 70.3. The predicted octanol–water partition coefficient (Wildman–Crippen LogP) is -3.60. The fourth-order valence-electron chi connectivity index (χ4n) is 12.3. The number of hydrogen-bond acceptors (Lipinski definition) is 30. The van der Waals surface area contributed by atoms with Crippen LogP contribution in [0, 0.1) is 17.7 Å². The number of Topliss-reactive ketones (excluding diaryl/α,β-unsaturated/α-hetero) is 2. The first-order valence-electron chi connectivity index (χ1n) is 39.4. The number of amides is 10. The van der Waals surface area contributed by atoms with Gasteiger partial charge in [0.1, 0.15) is 54.7 Å². The maximum Gasteiger partial charge on any atom is 0.306 e. The number of aliphatic carboxylic acids is 1. The van der Waals surface area contributed by atoms with E-state index in [1.807, 2.05) is 0 Å². The predicted molar refractivity (Wildman–Crippen MR) is 430 cm³/mol. The molecule has 5 aromatic heterocycles. The molecule has 10 atom stereocenters. The lowest BCUT2D eigenvalue weighted by Gasteiger charge is -2.27. The van der Waals surface area contributed by atoms with Crippen LogP contribution < -0.4 is 70.2 Å². The van der Waals surface area contributed by atoms with Crippen LogP contribution in [0.5, 0.6) is 0 Å². The number of unbranched alkanes of at least 4 members (excludes halogenated alkanes) is 1. The lowest BCUT2D eigenvalue weighted by molar-refractivity contribution is -0.142. The highest BCUT2D eigenvalue weighted by molar-refractivity contribution is 6.00. The molecule has 0 spiro atoms. The first kappa shape index (κ1) is 95.0. The van der Waals surface area contributed by atoms with Crippen LogP contribution in [0.15, 0.2) is 95.9 Å². The Labute approximate surface area is 701 Å². The molecule has 6 heterocycles. The number of carbonyl (C=O) groups excluding carboxylic acids is 12. The van der Waals surface area contributed by atoms with Gasteiger partial charge in [-0.1, -0.05) is 22.5 Å². The number of aliphatic hydroxyl groups excluding tert-OH is 2. The zero-order chi connectivity index (χ0) is 88.7. The Balaban J connectivity index is 0.876. The van der Waals surface area contributed by atoms with Crippen molar-refractivity contribution in [3.05, 3.63) is 136 Å². The zero-order valence-electron chi connectivity index (χ0n) is 67.4. The number of oxime groups is 1. The van der Waals surface area contributed by atoms with E-state index in [4.69, 9.17) is 30.5 Å². The molecular weight excluding hydrogens is 1610 g/mol. The molecule has 1 aliphatic rings. The molecule has 20 N–H and O–H groups in total. The summed E-state index contributed by atoms with van der Waals surface area (Å²) < 4.78 is 31.0. The van der Waals surface area contributed by atoms with Crippen LogP contribution in [-0.2, 0) is 109 Å². The number of carboxylic acid groups (broad SMARTS) is 1. The molecule has 45 nitrogen and oxygen atoms in total. The number of primary amides is 1. The van der Waals surface area contributed by atoms with Crippen LogP contribution in [0.25, 0.3) is 11.2 Å². The summed E-state index contributed by atoms with van der Waals surface area (Å²) >= 11 is 0. The minimum Gasteiger partial charge on any atom is -0.481 e. The molecule has 0 fully saturated rings. The molecule has 0 saturated carbocycles. The number of aromatic amines is 3. The largest absolute Gasteiger partial charge is 0.481 e. The molecule has 0 aliphatic carbocycles. The average Bonchev–Trinajstić information content (AvgIpc) is 1.61. The van der Waals surface area contributed by atoms with Gasteiger partial charge in [0, 0.05) is 99.4 Å². The van der Waals surface area contributed by atoms with Crippen molar-refractivity contribution in [2.24, 2.45) is 22.7 Å². The lowest BCUT2D eigenvalue weighted by atomic mass is 9.92. The van der Waals surface area contributed by atoms with E-state index in [9.17, 15) is 86.8 Å². The van der Waals surface area contributed by atoms with Crippen molar-refractivity contribution in [2.75, 3.05) is 77.0 Å². The number of halogens is 1. The van der Waals surface area contributed by atoms with Gasteiger partial charge in [-0.15, -0.1) is 5.10 Å². The Kier molecular flexibility index (Phi) is 38.1. The average molecular weight is 1720 g/mol. The number of carboxylic acids is 1. The van der Waals surface area contributed by atoms with E-state index in [0.29, 0.717) is 35.5 Å². The monoisotopic (exact) mass is 1720 g/mol. The second-order valence-corrected chi connectivity index (χ2v) is 28.7. The first-order chi connectivity index (χ1) is 59.1. The van der Waals surface area contributed by atoms with Gasteiger partial charge in [-0.2, -0.15) is 4.98 Å². The number of rotatable bonds is 40. The number of ether oxygens (including phenoxy) is 3. The number of anilines is 2. The van der Waals surface area contributed by atoms with E-state index in [-0.39, 0.29) is 138 Å². The Bertz CT molecular complexity index is 4790. The molecule has 46 heteroatoms. The molecule has 10 amide bonds. The molecule has 2 aromatic carbocycles. The number of aromatic nitrogens is 11. The van der Waals surface area contributed by atoms with Crippen molar-refractivity contribution in [1.82, 2.24) is 103 Å². The lowest BCUT2D eigenvalue weighted by Crippen LogP contribution is -2.59. The number of nitrogens with one attached hydrogen (secondary N) is 13. The fraction of sp³-hybridized carbons (Fsp3) is 0.481. The van der Waals surface area contributed by atoms with Crippen molar-refractivity contribution >= 4 is 106 Å². The normalized spacial score (nSPS) is 18.7. The van der Waals surface area contributed by atoms with Gasteiger partial charge in [-0.25, -0.2) is 24.3 Å². The molecule has 0 unspecified atom stereocenters. The maximum atomic E-state index is 14.8. The highest BCUT2D eigenvalue weighted by Gasteiger charge is 2.37. The topological polar surface area (TPSA) is 664 Å². The number of hydrogen-bond donors (Lipinski definition) is 18. The summed E-state index contributed by atoms with van der Waals surface area (Å²) in [7, 11) is 0. The van der Waals surface area contributed by atoms with E-state index in [0.717, 1.165) is 0 Å². The van der Waals surface area contributed by atoms with Gasteiger partial charge in [0.2, 0.25) is 59.1 Å². The van der Waals surface area contributed by atoms with Crippen LogP contribution in [0.4, 0.5) is 16.0 Å². The summed E-state index contributed by atoms with van der Waals surface area (Å²) in [6.45, 7) is 1.15. The summed E-state index contributed by atoms with van der Waals surface area (Å²) in [5.74, 6) is -14.5. The quantitative estimate of drug-likeness (QED) is 0.00764. The van der Waals surface area contributed by atoms with Gasteiger partial charge in [0.05, 0.1) is 101 Å². The number of ketones is 2. The number of nitrogens with two attached hydrogens (primary N) is 2. The third-order valence-electron chi connectivity index (χ3n) is 19.0. The maximum absolute atomic E-state index is 14.8. The van der Waals surface area contributed by atoms with Gasteiger partial charge in [-0.05, 0) is 101 Å². The van der Waals surface area contributed by atoms with E-state index in [1.165, 1.54) is 98.6 Å². The van der Waals surface area contributed by atoms with Crippen molar-refractivity contribution in [3.8, 4) is 0 Å². The second-order valence-electron chi connectivity index (χ2n) is 28.7. The highest BCUT2D eigenvalue weighted by atomic mass is 18.2. The molecule has 0 radical (unpaired) electrons. The van der Waals surface area contributed by atoms with E-state index < -0.39 is 194 Å². The van der Waals surface area contributed by atoms with Crippen molar-refractivity contribution in [3.63, 3.8) is 0 Å². The minimum absolute atomic E-state index is 0.0133. The van der Waals surface area contributed by atoms with E-state index in [1.54, 1.807) is 12.1 Å². The van der Waals surface area contributed by atoms with Crippen LogP contribution in [0.1, 0.15) is 117 Å². The van der Waals surface area contributed by atoms with Gasteiger partial charge in [-0.3, -0.25) is 76.8 Å². The standard InChI is InChI=1S/C77H101FN24O21/c1-43-69(111)94-56(71(113)84-20-22-120-23-24-121-25-26-122-39-64(109)92-55(67(79)110)7-3-5-19-83-63(108)40-123-89-32-45-9-14-49(78)15-10-45)8-4-6-21-102-37-53(100-101-102)31-57(93-62(107)18-13-47(76(118)119)28-60(105)46-11-16-50(17-12-46)85-35-54-36-86-68-66(91-54)75(117)99-77(80)98-68)72(114)95-58(30-52-34-82-42-88-52)73(115)96-59(38-103)61(106)29-48(27-51-33-81-41-87-51)70(112)97-65(44(2)104)74(116)90-43/h9-12,14-17,32-34,36-37,41-44,47-48,55-59,65,85,103-104H,3-8,13,18-31,35,38-40H2,1-2H3,(H2,79,110)(H,81,87)(H,82,88)(H,83,108)(H,84,113)(H,90,116)(H,92,109)(H,93,107)(H,94,111)(H,95,114)(H,96,115)(H,97,112)(H,118,119)(H3,80,86,98,99,117)/b89-32+/t43-,44+,47-,48+,55+,56+,57+,58-,59-,65-/m1/s1/i78-1. The Morgan fingerprint density at radius 1 is 0.740 bits per heavy atom. The smallest absolute Gasteiger partial charge is 0.306 e. The Morgan fingerprint density at radius 3 is 2.14 bits per heavy atom. The molecular formula is C77H101FN24O21. The van der Waals surface area contributed by atoms with Crippen LogP contribution in [-0.4, -0.2) is 267 Å². The fourth-order valence-corrected chi connectivity index (χ4v) is 12.3. The molecule has 123 heavy (non-hydrogen) atoms. The Morgan fingerprint density at radius 2 is 1.45 bits per heavy atom.